The average molecular weight is 392 g/mol. The van der Waals surface area contributed by atoms with Gasteiger partial charge in [-0.2, -0.15) is 0 Å². The Morgan fingerprint density at radius 1 is 1.50 bits per heavy atom. The molecule has 4 nitrogen and oxygen atoms in total. The van der Waals surface area contributed by atoms with E-state index in [0.29, 0.717) is 23.8 Å². The summed E-state index contributed by atoms with van der Waals surface area (Å²) in [6.45, 7) is 6.78. The largest absolute Gasteiger partial charge is 0.490 e. The normalized spacial score (nSPS) is 17.2. The minimum Gasteiger partial charge on any atom is -0.490 e. The average Bonchev–Trinajstić information content (AvgIpc) is 2.91. The lowest BCUT2D eigenvalue weighted by molar-refractivity contribution is 0.0946. The smallest absolute Gasteiger partial charge is 0.255 e. The molecule has 0 aromatic heterocycles. The summed E-state index contributed by atoms with van der Waals surface area (Å²) in [5.74, 6) is 1.24. The van der Waals surface area contributed by atoms with Gasteiger partial charge in [0.25, 0.3) is 5.91 Å². The maximum Gasteiger partial charge on any atom is 0.255 e. The van der Waals surface area contributed by atoms with E-state index >= 15 is 0 Å². The molecule has 22 heavy (non-hydrogen) atoms. The van der Waals surface area contributed by atoms with E-state index in [-0.39, 0.29) is 24.4 Å². The minimum absolute atomic E-state index is 0. The van der Waals surface area contributed by atoms with Crippen LogP contribution in [-0.4, -0.2) is 31.6 Å². The molecule has 1 aliphatic heterocycles. The number of amides is 1. The van der Waals surface area contributed by atoms with Crippen molar-refractivity contribution in [3.63, 3.8) is 0 Å². The van der Waals surface area contributed by atoms with E-state index in [0.717, 1.165) is 24.0 Å². The van der Waals surface area contributed by atoms with Gasteiger partial charge in [-0.05, 0) is 63.9 Å². The molecule has 1 aliphatic rings. The van der Waals surface area contributed by atoms with Gasteiger partial charge in [-0.25, -0.2) is 0 Å². The molecular weight excluding hydrogens is 368 g/mol. The van der Waals surface area contributed by atoms with E-state index in [4.69, 9.17) is 4.74 Å². The molecule has 1 unspecified atom stereocenters. The standard InChI is InChI=1S/C16H23BrN2O2.ClH/c1-11(2)21-15-9-13(17)3-4-14(15)16(20)19-8-6-12-5-7-18-10-12;/h3-4,9,11-12,18H,5-8,10H2,1-2H3,(H,19,20);1H. The molecule has 1 amide bonds. The number of hydrogen-bond acceptors (Lipinski definition) is 3. The Bertz CT molecular complexity index is 491. The highest BCUT2D eigenvalue weighted by molar-refractivity contribution is 9.10. The first-order valence-electron chi connectivity index (χ1n) is 7.51. The molecule has 1 atom stereocenters. The van der Waals surface area contributed by atoms with E-state index in [9.17, 15) is 4.79 Å². The van der Waals surface area contributed by atoms with Crippen molar-refractivity contribution in [3.05, 3.63) is 28.2 Å². The van der Waals surface area contributed by atoms with E-state index in [1.807, 2.05) is 26.0 Å². The van der Waals surface area contributed by atoms with E-state index < -0.39 is 0 Å². The molecule has 1 heterocycles. The molecule has 1 aromatic carbocycles. The zero-order valence-corrected chi connectivity index (χ0v) is 15.4. The Hall–Kier alpha value is -0.780. The van der Waals surface area contributed by atoms with Gasteiger partial charge in [-0.3, -0.25) is 4.79 Å². The van der Waals surface area contributed by atoms with Crippen molar-refractivity contribution in [2.24, 2.45) is 5.92 Å². The monoisotopic (exact) mass is 390 g/mol. The Morgan fingerprint density at radius 3 is 2.91 bits per heavy atom. The van der Waals surface area contributed by atoms with Gasteiger partial charge < -0.3 is 15.4 Å². The molecule has 124 valence electrons. The summed E-state index contributed by atoms with van der Waals surface area (Å²) in [7, 11) is 0. The number of rotatable bonds is 6. The first-order chi connectivity index (χ1) is 10.1. The van der Waals surface area contributed by atoms with Crippen LogP contribution in [0, 0.1) is 5.92 Å². The second-order valence-electron chi connectivity index (χ2n) is 5.71. The molecule has 0 bridgehead atoms. The number of benzene rings is 1. The molecular formula is C16H24BrClN2O2. The van der Waals surface area contributed by atoms with Gasteiger partial charge in [-0.15, -0.1) is 12.4 Å². The van der Waals surface area contributed by atoms with Crippen LogP contribution in [0.3, 0.4) is 0 Å². The number of halogens is 2. The molecule has 0 spiro atoms. The van der Waals surface area contributed by atoms with Gasteiger partial charge in [0.2, 0.25) is 0 Å². The molecule has 1 saturated heterocycles. The molecule has 2 N–H and O–H groups in total. The highest BCUT2D eigenvalue weighted by Gasteiger charge is 2.16. The summed E-state index contributed by atoms with van der Waals surface area (Å²) >= 11 is 3.41. The zero-order chi connectivity index (χ0) is 15.2. The number of ether oxygens (including phenoxy) is 1. The first kappa shape index (κ1) is 19.3. The fourth-order valence-corrected chi connectivity index (χ4v) is 2.82. The Kier molecular flexibility index (Phi) is 8.21. The number of carbonyl (C=O) groups excluding carboxylic acids is 1. The molecule has 1 fully saturated rings. The Morgan fingerprint density at radius 2 is 2.27 bits per heavy atom. The predicted octanol–water partition coefficient (Wildman–Crippen LogP) is 3.39. The van der Waals surface area contributed by atoms with Crippen LogP contribution in [0.4, 0.5) is 0 Å². The summed E-state index contributed by atoms with van der Waals surface area (Å²) in [6, 6.07) is 5.51. The van der Waals surface area contributed by atoms with Gasteiger partial charge in [0.15, 0.2) is 0 Å². The van der Waals surface area contributed by atoms with Crippen molar-refractivity contribution in [2.45, 2.75) is 32.8 Å². The minimum atomic E-state index is -0.0656. The van der Waals surface area contributed by atoms with Crippen LogP contribution >= 0.6 is 28.3 Å². The summed E-state index contributed by atoms with van der Waals surface area (Å²) in [5, 5.41) is 6.34. The lowest BCUT2D eigenvalue weighted by atomic mass is 10.1. The molecule has 1 aromatic rings. The quantitative estimate of drug-likeness (QED) is 0.781. The fraction of sp³-hybridized carbons (Fsp3) is 0.562. The lowest BCUT2D eigenvalue weighted by Crippen LogP contribution is -2.27. The second kappa shape index (κ2) is 9.38. The van der Waals surface area contributed by atoms with Crippen LogP contribution < -0.4 is 15.4 Å². The van der Waals surface area contributed by atoms with Crippen molar-refractivity contribution in [1.82, 2.24) is 10.6 Å². The lowest BCUT2D eigenvalue weighted by Gasteiger charge is -2.15. The third kappa shape index (κ3) is 5.78. The molecule has 0 aliphatic carbocycles. The third-order valence-electron chi connectivity index (χ3n) is 3.55. The number of hydrogen-bond donors (Lipinski definition) is 2. The van der Waals surface area contributed by atoms with Crippen LogP contribution in [0.15, 0.2) is 22.7 Å². The van der Waals surface area contributed by atoms with Gasteiger partial charge in [0.1, 0.15) is 5.75 Å². The summed E-state index contributed by atoms with van der Waals surface area (Å²) < 4.78 is 6.64. The van der Waals surface area contributed by atoms with Gasteiger partial charge in [0.05, 0.1) is 11.7 Å². The summed E-state index contributed by atoms with van der Waals surface area (Å²) in [5.41, 5.74) is 0.594. The summed E-state index contributed by atoms with van der Waals surface area (Å²) in [4.78, 5) is 12.3. The topological polar surface area (TPSA) is 50.4 Å². The van der Waals surface area contributed by atoms with Crippen molar-refractivity contribution >= 4 is 34.2 Å². The van der Waals surface area contributed by atoms with Crippen molar-refractivity contribution in [2.75, 3.05) is 19.6 Å². The maximum absolute atomic E-state index is 12.3. The van der Waals surface area contributed by atoms with Crippen LogP contribution in [0.25, 0.3) is 0 Å². The van der Waals surface area contributed by atoms with Crippen LogP contribution in [0.5, 0.6) is 5.75 Å². The summed E-state index contributed by atoms with van der Waals surface area (Å²) in [6.07, 6.45) is 2.27. The van der Waals surface area contributed by atoms with Crippen molar-refractivity contribution < 1.29 is 9.53 Å². The maximum atomic E-state index is 12.3. The predicted molar refractivity (Wildman–Crippen MR) is 95.1 cm³/mol. The first-order valence-corrected chi connectivity index (χ1v) is 8.30. The second-order valence-corrected chi connectivity index (χ2v) is 6.63. The number of carbonyl (C=O) groups is 1. The molecule has 0 saturated carbocycles. The highest BCUT2D eigenvalue weighted by atomic mass is 79.9. The van der Waals surface area contributed by atoms with Crippen molar-refractivity contribution in [1.29, 1.82) is 0 Å². The molecule has 2 rings (SSSR count). The van der Waals surface area contributed by atoms with E-state index in [2.05, 4.69) is 26.6 Å². The van der Waals surface area contributed by atoms with Crippen molar-refractivity contribution in [3.8, 4) is 5.75 Å². The number of nitrogens with one attached hydrogen (secondary N) is 2. The van der Waals surface area contributed by atoms with Gasteiger partial charge in [0, 0.05) is 11.0 Å². The van der Waals surface area contributed by atoms with E-state index in [1.54, 1.807) is 6.07 Å². The van der Waals surface area contributed by atoms with Crippen LogP contribution in [0.1, 0.15) is 37.0 Å². The van der Waals surface area contributed by atoms with Gasteiger partial charge in [-0.1, -0.05) is 15.9 Å². The van der Waals surface area contributed by atoms with Gasteiger partial charge >= 0.3 is 0 Å². The Labute approximate surface area is 146 Å². The fourth-order valence-electron chi connectivity index (χ4n) is 2.48. The molecule has 6 heteroatoms. The molecule has 0 radical (unpaired) electrons. The zero-order valence-electron chi connectivity index (χ0n) is 13.0. The SMILES string of the molecule is CC(C)Oc1cc(Br)ccc1C(=O)NCCC1CCNC1.Cl. The highest BCUT2D eigenvalue weighted by Crippen LogP contribution is 2.25. The van der Waals surface area contributed by atoms with E-state index in [1.165, 1.54) is 6.42 Å². The Balaban J connectivity index is 0.00000242. The third-order valence-corrected chi connectivity index (χ3v) is 4.04. The van der Waals surface area contributed by atoms with Crippen LogP contribution in [0.2, 0.25) is 0 Å². The van der Waals surface area contributed by atoms with Crippen LogP contribution in [-0.2, 0) is 0 Å².